The largest absolute Gasteiger partial charge is 0.461 e. The Morgan fingerprint density at radius 2 is 2.16 bits per heavy atom. The summed E-state index contributed by atoms with van der Waals surface area (Å²) in [5, 5.41) is 7.61. The number of aromatic nitrogens is 3. The van der Waals surface area contributed by atoms with Crippen LogP contribution >= 0.6 is 0 Å². The number of carbonyl (C=O) groups excluding carboxylic acids is 2. The minimum atomic E-state index is -0.505. The summed E-state index contributed by atoms with van der Waals surface area (Å²) in [4.78, 5) is 25.3. The molecule has 0 radical (unpaired) electrons. The van der Waals surface area contributed by atoms with Gasteiger partial charge in [0, 0.05) is 13.1 Å². The highest BCUT2D eigenvalue weighted by atomic mass is 16.5. The number of rotatable bonds is 5. The molecule has 1 aromatic rings. The Bertz CT molecular complexity index is 493. The lowest BCUT2D eigenvalue weighted by atomic mass is 10.3. The van der Waals surface area contributed by atoms with Gasteiger partial charge in [0.05, 0.1) is 12.3 Å². The molecular formula is C12H18N4O3. The number of esters is 1. The van der Waals surface area contributed by atoms with Crippen molar-refractivity contribution in [2.75, 3.05) is 13.7 Å². The van der Waals surface area contributed by atoms with E-state index in [4.69, 9.17) is 4.74 Å². The number of carbonyl (C=O) groups is 2. The van der Waals surface area contributed by atoms with E-state index in [2.05, 4.69) is 10.3 Å². The van der Waals surface area contributed by atoms with E-state index in [1.165, 1.54) is 4.68 Å². The predicted octanol–water partition coefficient (Wildman–Crippen LogP) is 0.384. The fraction of sp³-hybridized carbons (Fsp3) is 0.667. The van der Waals surface area contributed by atoms with E-state index < -0.39 is 5.97 Å². The molecule has 0 N–H and O–H groups in total. The Hall–Kier alpha value is -1.92. The second kappa shape index (κ2) is 5.38. The van der Waals surface area contributed by atoms with Crippen LogP contribution in [0.1, 0.15) is 35.9 Å². The van der Waals surface area contributed by atoms with Crippen molar-refractivity contribution < 1.29 is 14.3 Å². The average Bonchev–Trinajstić information content (AvgIpc) is 3.15. The minimum Gasteiger partial charge on any atom is -0.461 e. The second-order valence-corrected chi connectivity index (χ2v) is 4.64. The number of ether oxygens (including phenoxy) is 1. The number of amides is 1. The van der Waals surface area contributed by atoms with Crippen LogP contribution in [-0.4, -0.2) is 51.5 Å². The summed E-state index contributed by atoms with van der Waals surface area (Å²) >= 11 is 0. The van der Waals surface area contributed by atoms with Gasteiger partial charge in [-0.3, -0.25) is 4.79 Å². The highest BCUT2D eigenvalue weighted by Gasteiger charge is 2.30. The number of nitrogens with zero attached hydrogens (tertiary/aromatic N) is 4. The molecule has 1 saturated carbocycles. The summed E-state index contributed by atoms with van der Waals surface area (Å²) in [7, 11) is 1.79. The molecule has 0 spiro atoms. The maximum absolute atomic E-state index is 12.0. The lowest BCUT2D eigenvalue weighted by molar-refractivity contribution is -0.131. The van der Waals surface area contributed by atoms with Crippen molar-refractivity contribution >= 4 is 11.9 Å². The van der Waals surface area contributed by atoms with Crippen LogP contribution in [0.2, 0.25) is 0 Å². The molecule has 1 aromatic heterocycles. The van der Waals surface area contributed by atoms with Gasteiger partial charge in [-0.1, -0.05) is 5.21 Å². The van der Waals surface area contributed by atoms with Crippen LogP contribution in [0.4, 0.5) is 0 Å². The molecule has 19 heavy (non-hydrogen) atoms. The molecule has 0 unspecified atom stereocenters. The Balaban J connectivity index is 2.04. The number of likely N-dealkylation sites (N-methyl/N-ethyl adjacent to an activating group) is 1. The predicted molar refractivity (Wildman–Crippen MR) is 66.5 cm³/mol. The molecule has 104 valence electrons. The first kappa shape index (κ1) is 13.5. The first-order valence-corrected chi connectivity index (χ1v) is 6.37. The fourth-order valence-corrected chi connectivity index (χ4v) is 1.80. The van der Waals surface area contributed by atoms with Crippen LogP contribution in [0.15, 0.2) is 0 Å². The summed E-state index contributed by atoms with van der Waals surface area (Å²) in [6.07, 6.45) is 2.12. The Kier molecular flexibility index (Phi) is 3.82. The van der Waals surface area contributed by atoms with E-state index in [9.17, 15) is 9.59 Å². The molecule has 0 saturated heterocycles. The molecule has 1 heterocycles. The molecule has 2 rings (SSSR count). The second-order valence-electron chi connectivity index (χ2n) is 4.64. The van der Waals surface area contributed by atoms with E-state index in [0.717, 1.165) is 12.8 Å². The van der Waals surface area contributed by atoms with Crippen LogP contribution < -0.4 is 0 Å². The van der Waals surface area contributed by atoms with Crippen LogP contribution in [-0.2, 0) is 16.1 Å². The van der Waals surface area contributed by atoms with E-state index in [0.29, 0.717) is 11.7 Å². The van der Waals surface area contributed by atoms with Crippen LogP contribution in [0.5, 0.6) is 0 Å². The van der Waals surface area contributed by atoms with Gasteiger partial charge in [0.2, 0.25) is 5.91 Å². The summed E-state index contributed by atoms with van der Waals surface area (Å²) in [5.41, 5.74) is 0.722. The molecule has 7 nitrogen and oxygen atoms in total. The highest BCUT2D eigenvalue weighted by molar-refractivity contribution is 5.88. The third-order valence-electron chi connectivity index (χ3n) is 3.22. The third-order valence-corrected chi connectivity index (χ3v) is 3.22. The molecule has 0 aromatic carbocycles. The van der Waals surface area contributed by atoms with Gasteiger partial charge in [0.15, 0.2) is 5.69 Å². The highest BCUT2D eigenvalue weighted by Crippen LogP contribution is 2.25. The van der Waals surface area contributed by atoms with Crippen LogP contribution in [0.25, 0.3) is 0 Å². The van der Waals surface area contributed by atoms with Crippen molar-refractivity contribution in [1.82, 2.24) is 19.9 Å². The van der Waals surface area contributed by atoms with Gasteiger partial charge < -0.3 is 9.64 Å². The van der Waals surface area contributed by atoms with Gasteiger partial charge in [-0.2, -0.15) is 0 Å². The molecule has 1 fully saturated rings. The average molecular weight is 266 g/mol. The van der Waals surface area contributed by atoms with Crippen molar-refractivity contribution in [3.63, 3.8) is 0 Å². The van der Waals surface area contributed by atoms with Crippen LogP contribution in [0.3, 0.4) is 0 Å². The summed E-state index contributed by atoms with van der Waals surface area (Å²) < 4.78 is 6.31. The van der Waals surface area contributed by atoms with Gasteiger partial charge in [-0.25, -0.2) is 9.48 Å². The van der Waals surface area contributed by atoms with Crippen molar-refractivity contribution in [1.29, 1.82) is 0 Å². The zero-order valence-corrected chi connectivity index (χ0v) is 11.4. The molecular weight excluding hydrogens is 248 g/mol. The van der Waals surface area contributed by atoms with Gasteiger partial charge in [-0.15, -0.1) is 5.10 Å². The van der Waals surface area contributed by atoms with Crippen molar-refractivity contribution in [2.24, 2.45) is 0 Å². The third kappa shape index (κ3) is 2.91. The monoisotopic (exact) mass is 266 g/mol. The first-order valence-electron chi connectivity index (χ1n) is 6.37. The zero-order valence-electron chi connectivity index (χ0n) is 11.4. The fourth-order valence-electron chi connectivity index (χ4n) is 1.80. The quantitative estimate of drug-likeness (QED) is 0.720. The molecule has 7 heteroatoms. The molecule has 0 bridgehead atoms. The maximum Gasteiger partial charge on any atom is 0.360 e. The van der Waals surface area contributed by atoms with Gasteiger partial charge >= 0.3 is 5.97 Å². The lowest BCUT2D eigenvalue weighted by Crippen LogP contribution is -2.32. The standard InChI is InChI=1S/C12H18N4O3/c1-4-19-12(18)11-8(2)16(14-13-11)7-10(17)15(3)9-5-6-9/h9H,4-7H2,1-3H3. The van der Waals surface area contributed by atoms with E-state index in [1.54, 1.807) is 25.8 Å². The minimum absolute atomic E-state index is 0.0223. The Morgan fingerprint density at radius 3 is 2.74 bits per heavy atom. The Morgan fingerprint density at radius 1 is 1.47 bits per heavy atom. The number of hydrogen-bond donors (Lipinski definition) is 0. The van der Waals surface area contributed by atoms with Crippen molar-refractivity contribution in [2.45, 2.75) is 39.3 Å². The van der Waals surface area contributed by atoms with E-state index >= 15 is 0 Å². The van der Waals surface area contributed by atoms with Gasteiger partial charge in [0.1, 0.15) is 6.54 Å². The van der Waals surface area contributed by atoms with E-state index in [1.807, 2.05) is 0 Å². The normalized spacial score (nSPS) is 14.3. The molecule has 1 aliphatic rings. The van der Waals surface area contributed by atoms with E-state index in [-0.39, 0.29) is 24.8 Å². The zero-order chi connectivity index (χ0) is 14.0. The molecule has 1 amide bonds. The van der Waals surface area contributed by atoms with Gasteiger partial charge in [0.25, 0.3) is 0 Å². The lowest BCUT2D eigenvalue weighted by Gasteiger charge is -2.16. The van der Waals surface area contributed by atoms with Crippen molar-refractivity contribution in [3.8, 4) is 0 Å². The van der Waals surface area contributed by atoms with Gasteiger partial charge in [-0.05, 0) is 26.7 Å². The molecule has 0 atom stereocenters. The summed E-state index contributed by atoms with van der Waals surface area (Å²) in [6, 6.07) is 0.362. The number of hydrogen-bond acceptors (Lipinski definition) is 5. The summed E-state index contributed by atoms with van der Waals surface area (Å²) in [5.74, 6) is -0.528. The summed E-state index contributed by atoms with van der Waals surface area (Å²) in [6.45, 7) is 3.82. The smallest absolute Gasteiger partial charge is 0.360 e. The Labute approximate surface area is 111 Å². The molecule has 1 aliphatic carbocycles. The van der Waals surface area contributed by atoms with Crippen LogP contribution in [0, 0.1) is 6.92 Å². The topological polar surface area (TPSA) is 77.3 Å². The SMILES string of the molecule is CCOC(=O)c1nnn(CC(=O)N(C)C2CC2)c1C. The maximum atomic E-state index is 12.0. The first-order chi connectivity index (χ1) is 9.04. The van der Waals surface area contributed by atoms with Crippen molar-refractivity contribution in [3.05, 3.63) is 11.4 Å². The molecule has 0 aliphatic heterocycles.